The molecule has 0 radical (unpaired) electrons. The van der Waals surface area contributed by atoms with Gasteiger partial charge in [0.25, 0.3) is 0 Å². The highest BCUT2D eigenvalue weighted by Gasteiger charge is 2.32. The Morgan fingerprint density at radius 1 is 1.20 bits per heavy atom. The summed E-state index contributed by atoms with van der Waals surface area (Å²) in [5.41, 5.74) is 5.36. The van der Waals surface area contributed by atoms with Gasteiger partial charge in [-0.2, -0.15) is 0 Å². The first-order valence-electron chi connectivity index (χ1n) is 5.47. The maximum atomic E-state index is 12.2. The van der Waals surface area contributed by atoms with Crippen LogP contribution < -0.4 is 10.5 Å². The number of benzene rings is 1. The normalized spacial score (nSPS) is 11.2. The molecule has 1 heterocycles. The predicted octanol–water partition coefficient (Wildman–Crippen LogP) is 2.79. The number of hydrogen-bond donors (Lipinski definition) is 1. The van der Waals surface area contributed by atoms with E-state index in [1.54, 1.807) is 6.07 Å². The number of ether oxygens (including phenoxy) is 1. The van der Waals surface area contributed by atoms with Crippen molar-refractivity contribution in [2.45, 2.75) is 6.36 Å². The fourth-order valence-electron chi connectivity index (χ4n) is 1.61. The van der Waals surface area contributed by atoms with E-state index in [0.717, 1.165) is 6.07 Å². The Morgan fingerprint density at radius 3 is 2.55 bits per heavy atom. The van der Waals surface area contributed by atoms with Crippen LogP contribution in [0.5, 0.6) is 5.75 Å². The minimum Gasteiger partial charge on any atom is -0.404 e. The van der Waals surface area contributed by atoms with Crippen LogP contribution in [0, 0.1) is 0 Å². The first-order valence-corrected chi connectivity index (χ1v) is 5.47. The Morgan fingerprint density at radius 2 is 1.95 bits per heavy atom. The molecule has 1 aromatic carbocycles. The van der Waals surface area contributed by atoms with E-state index in [9.17, 15) is 18.0 Å². The lowest BCUT2D eigenvalue weighted by molar-refractivity contribution is -0.274. The van der Waals surface area contributed by atoms with E-state index in [2.05, 4.69) is 9.72 Å². The smallest absolute Gasteiger partial charge is 0.404 e. The van der Waals surface area contributed by atoms with Gasteiger partial charge in [-0.15, -0.1) is 13.2 Å². The number of anilines is 1. The lowest BCUT2D eigenvalue weighted by atomic mass is 10.0. The number of carbonyl (C=O) groups is 1. The predicted molar refractivity (Wildman–Crippen MR) is 65.2 cm³/mol. The fraction of sp³-hybridized carbons (Fsp3) is 0.0769. The number of rotatable bonds is 3. The number of para-hydroxylation sites is 1. The summed E-state index contributed by atoms with van der Waals surface area (Å²) in [7, 11) is 0. The zero-order chi connectivity index (χ0) is 14.8. The van der Waals surface area contributed by atoms with Crippen molar-refractivity contribution in [1.29, 1.82) is 0 Å². The van der Waals surface area contributed by atoms with E-state index in [-0.39, 0.29) is 16.8 Å². The van der Waals surface area contributed by atoms with Crippen LogP contribution in [0.2, 0.25) is 0 Å². The fourth-order valence-corrected chi connectivity index (χ4v) is 1.61. The first-order chi connectivity index (χ1) is 9.38. The number of nitrogen functional groups attached to an aromatic ring is 1. The average molecular weight is 282 g/mol. The molecule has 0 spiro atoms. The second-order valence-electron chi connectivity index (χ2n) is 3.84. The van der Waals surface area contributed by atoms with Gasteiger partial charge in [-0.1, -0.05) is 6.07 Å². The van der Waals surface area contributed by atoms with Gasteiger partial charge in [0.1, 0.15) is 0 Å². The molecule has 20 heavy (non-hydrogen) atoms. The molecule has 2 aromatic rings. The molecule has 0 unspecified atom stereocenters. The van der Waals surface area contributed by atoms with Crippen LogP contribution in [-0.2, 0) is 0 Å². The number of carbonyl (C=O) groups excluding carboxylic acids is 1. The zero-order valence-electron chi connectivity index (χ0n) is 10.0. The van der Waals surface area contributed by atoms with Gasteiger partial charge in [0, 0.05) is 23.5 Å². The van der Waals surface area contributed by atoms with Gasteiger partial charge in [0.05, 0.1) is 5.69 Å². The number of alkyl halides is 3. The average Bonchev–Trinajstić information content (AvgIpc) is 2.40. The highest BCUT2D eigenvalue weighted by Crippen LogP contribution is 2.31. The lowest BCUT2D eigenvalue weighted by Crippen LogP contribution is -2.19. The number of ketones is 1. The maximum Gasteiger partial charge on any atom is 0.573 e. The van der Waals surface area contributed by atoms with Crippen LogP contribution in [0.3, 0.4) is 0 Å². The third-order valence-corrected chi connectivity index (χ3v) is 2.46. The number of halogens is 3. The molecule has 0 aliphatic carbocycles. The van der Waals surface area contributed by atoms with Crippen molar-refractivity contribution in [3.05, 3.63) is 53.9 Å². The molecule has 4 nitrogen and oxygen atoms in total. The Labute approximate surface area is 112 Å². The molecule has 0 fully saturated rings. The topological polar surface area (TPSA) is 65.2 Å². The molecule has 7 heteroatoms. The zero-order valence-corrected chi connectivity index (χ0v) is 10.0. The summed E-state index contributed by atoms with van der Waals surface area (Å²) < 4.78 is 40.4. The molecule has 0 amide bonds. The van der Waals surface area contributed by atoms with Gasteiger partial charge in [-0.25, -0.2) is 0 Å². The maximum absolute atomic E-state index is 12.2. The van der Waals surface area contributed by atoms with Crippen LogP contribution in [-0.4, -0.2) is 17.1 Å². The van der Waals surface area contributed by atoms with Gasteiger partial charge in [-0.05, 0) is 24.3 Å². The number of hydrogen-bond acceptors (Lipinski definition) is 4. The second-order valence-corrected chi connectivity index (χ2v) is 3.84. The van der Waals surface area contributed by atoms with Crippen molar-refractivity contribution < 1.29 is 22.7 Å². The highest BCUT2D eigenvalue weighted by atomic mass is 19.4. The van der Waals surface area contributed by atoms with Crippen LogP contribution in [0.4, 0.5) is 18.9 Å². The quantitative estimate of drug-likeness (QED) is 0.694. The van der Waals surface area contributed by atoms with Gasteiger partial charge in [0.2, 0.25) is 0 Å². The largest absolute Gasteiger partial charge is 0.573 e. The molecule has 0 aliphatic heterocycles. The highest BCUT2D eigenvalue weighted by molar-refractivity contribution is 6.12. The molecule has 104 valence electrons. The molecule has 2 rings (SSSR count). The standard InChI is InChI=1S/C13H9F3N2O2/c14-13(15,16)20-10-5-1-4-9(11(10)17)12(19)8-3-2-6-18-7-8/h1-7H,17H2. The van der Waals surface area contributed by atoms with Crippen LogP contribution in [0.15, 0.2) is 42.7 Å². The molecular weight excluding hydrogens is 273 g/mol. The Kier molecular flexibility index (Phi) is 3.60. The van der Waals surface area contributed by atoms with Crippen LogP contribution >= 0.6 is 0 Å². The van der Waals surface area contributed by atoms with E-state index < -0.39 is 17.9 Å². The number of pyridine rings is 1. The van der Waals surface area contributed by atoms with E-state index in [1.807, 2.05) is 0 Å². The summed E-state index contributed by atoms with van der Waals surface area (Å²) in [6, 6.07) is 6.67. The molecular formula is C13H9F3N2O2. The monoisotopic (exact) mass is 282 g/mol. The van der Waals surface area contributed by atoms with E-state index in [0.29, 0.717) is 0 Å². The van der Waals surface area contributed by atoms with Gasteiger partial charge < -0.3 is 10.5 Å². The minimum absolute atomic E-state index is 0.0697. The van der Waals surface area contributed by atoms with Crippen molar-refractivity contribution in [3.8, 4) is 5.75 Å². The summed E-state index contributed by atoms with van der Waals surface area (Å²) in [4.78, 5) is 15.9. The summed E-state index contributed by atoms with van der Waals surface area (Å²) >= 11 is 0. The number of nitrogens with two attached hydrogens (primary N) is 1. The summed E-state index contributed by atoms with van der Waals surface area (Å²) in [6.07, 6.45) is -2.09. The van der Waals surface area contributed by atoms with Gasteiger partial charge in [0.15, 0.2) is 11.5 Å². The van der Waals surface area contributed by atoms with E-state index in [1.165, 1.54) is 30.6 Å². The number of aromatic nitrogens is 1. The van der Waals surface area contributed by atoms with Crippen LogP contribution in [0.25, 0.3) is 0 Å². The Hall–Kier alpha value is -2.57. The van der Waals surface area contributed by atoms with Crippen molar-refractivity contribution in [1.82, 2.24) is 4.98 Å². The molecule has 0 bridgehead atoms. The minimum atomic E-state index is -4.87. The molecule has 0 aliphatic rings. The Balaban J connectivity index is 2.39. The Bertz CT molecular complexity index is 627. The summed E-state index contributed by atoms with van der Waals surface area (Å²) in [5.74, 6) is -1.13. The van der Waals surface area contributed by atoms with E-state index >= 15 is 0 Å². The van der Waals surface area contributed by atoms with Crippen molar-refractivity contribution in [2.24, 2.45) is 0 Å². The van der Waals surface area contributed by atoms with Crippen molar-refractivity contribution in [3.63, 3.8) is 0 Å². The second kappa shape index (κ2) is 5.20. The molecule has 2 N–H and O–H groups in total. The third kappa shape index (κ3) is 3.05. The SMILES string of the molecule is Nc1c(OC(F)(F)F)cccc1C(=O)c1cccnc1. The van der Waals surface area contributed by atoms with Crippen molar-refractivity contribution in [2.75, 3.05) is 5.73 Å². The molecule has 0 atom stereocenters. The third-order valence-electron chi connectivity index (χ3n) is 2.46. The first kappa shape index (κ1) is 13.9. The van der Waals surface area contributed by atoms with Crippen molar-refractivity contribution >= 4 is 11.5 Å². The molecule has 1 aromatic heterocycles. The van der Waals surface area contributed by atoms with Gasteiger partial charge in [-0.3, -0.25) is 9.78 Å². The van der Waals surface area contributed by atoms with Crippen LogP contribution in [0.1, 0.15) is 15.9 Å². The number of nitrogens with zero attached hydrogens (tertiary/aromatic N) is 1. The summed E-state index contributed by atoms with van der Waals surface area (Å²) in [5, 5.41) is 0. The lowest BCUT2D eigenvalue weighted by Gasteiger charge is -2.13. The van der Waals surface area contributed by atoms with Gasteiger partial charge >= 0.3 is 6.36 Å². The van der Waals surface area contributed by atoms with E-state index in [4.69, 9.17) is 5.73 Å². The molecule has 0 saturated carbocycles. The molecule has 0 saturated heterocycles. The summed E-state index contributed by atoms with van der Waals surface area (Å²) in [6.45, 7) is 0.